The van der Waals surface area contributed by atoms with Crippen molar-refractivity contribution in [1.29, 1.82) is 0 Å². The Bertz CT molecular complexity index is 526. The number of hydrogen-bond acceptors (Lipinski definition) is 4. The Morgan fingerprint density at radius 1 is 1.20 bits per heavy atom. The van der Waals surface area contributed by atoms with E-state index in [4.69, 9.17) is 9.47 Å². The van der Waals surface area contributed by atoms with Crippen LogP contribution in [0.5, 0.6) is 11.5 Å². The number of nitrogens with one attached hydrogen (secondary N) is 2. The SMILES string of the molecule is COc1ccc(CCNC(C)c2ccn[nH]2)cc1OC. The third-order valence-corrected chi connectivity index (χ3v) is 3.30. The molecule has 0 radical (unpaired) electrons. The minimum Gasteiger partial charge on any atom is -0.493 e. The van der Waals surface area contributed by atoms with E-state index in [0.717, 1.165) is 30.2 Å². The molecule has 0 spiro atoms. The number of ether oxygens (including phenoxy) is 2. The van der Waals surface area contributed by atoms with Gasteiger partial charge in [-0.25, -0.2) is 0 Å². The van der Waals surface area contributed by atoms with Gasteiger partial charge in [0.2, 0.25) is 0 Å². The van der Waals surface area contributed by atoms with Gasteiger partial charge < -0.3 is 14.8 Å². The second kappa shape index (κ2) is 6.96. The fourth-order valence-electron chi connectivity index (χ4n) is 2.09. The van der Waals surface area contributed by atoms with E-state index in [9.17, 15) is 0 Å². The van der Waals surface area contributed by atoms with E-state index >= 15 is 0 Å². The molecule has 2 N–H and O–H groups in total. The molecule has 0 fully saturated rings. The minimum atomic E-state index is 0.262. The molecular weight excluding hydrogens is 254 g/mol. The third kappa shape index (κ3) is 3.51. The van der Waals surface area contributed by atoms with Gasteiger partial charge in [0.25, 0.3) is 0 Å². The Labute approximate surface area is 119 Å². The molecule has 1 heterocycles. The van der Waals surface area contributed by atoms with Crippen LogP contribution in [0.15, 0.2) is 30.5 Å². The van der Waals surface area contributed by atoms with E-state index < -0.39 is 0 Å². The number of rotatable bonds is 7. The van der Waals surface area contributed by atoms with Crippen LogP contribution in [0.4, 0.5) is 0 Å². The van der Waals surface area contributed by atoms with Crippen LogP contribution < -0.4 is 14.8 Å². The van der Waals surface area contributed by atoms with E-state index in [0.29, 0.717) is 0 Å². The highest BCUT2D eigenvalue weighted by Gasteiger charge is 2.07. The Morgan fingerprint density at radius 3 is 2.65 bits per heavy atom. The van der Waals surface area contributed by atoms with Crippen molar-refractivity contribution in [2.45, 2.75) is 19.4 Å². The minimum absolute atomic E-state index is 0.262. The lowest BCUT2D eigenvalue weighted by Gasteiger charge is -2.13. The molecule has 5 nitrogen and oxygen atoms in total. The monoisotopic (exact) mass is 275 g/mol. The van der Waals surface area contributed by atoms with Crippen molar-refractivity contribution < 1.29 is 9.47 Å². The summed E-state index contributed by atoms with van der Waals surface area (Å²) < 4.78 is 10.5. The van der Waals surface area contributed by atoms with E-state index in [1.165, 1.54) is 5.56 Å². The largest absolute Gasteiger partial charge is 0.493 e. The van der Waals surface area contributed by atoms with E-state index in [2.05, 4.69) is 28.5 Å². The Hall–Kier alpha value is -2.01. The molecule has 108 valence electrons. The van der Waals surface area contributed by atoms with Crippen LogP contribution >= 0.6 is 0 Å². The molecule has 1 atom stereocenters. The summed E-state index contributed by atoms with van der Waals surface area (Å²) in [4.78, 5) is 0. The topological polar surface area (TPSA) is 59.2 Å². The summed E-state index contributed by atoms with van der Waals surface area (Å²) in [7, 11) is 3.30. The second-order valence-electron chi connectivity index (χ2n) is 4.63. The van der Waals surface area contributed by atoms with Gasteiger partial charge >= 0.3 is 0 Å². The summed E-state index contributed by atoms with van der Waals surface area (Å²) in [6.07, 6.45) is 2.70. The fourth-order valence-corrected chi connectivity index (χ4v) is 2.09. The number of H-pyrrole nitrogens is 1. The van der Waals surface area contributed by atoms with Crippen LogP contribution in [0.1, 0.15) is 24.2 Å². The molecule has 20 heavy (non-hydrogen) atoms. The summed E-state index contributed by atoms with van der Waals surface area (Å²) in [5.74, 6) is 1.53. The first-order valence-corrected chi connectivity index (χ1v) is 6.68. The average molecular weight is 275 g/mol. The van der Waals surface area contributed by atoms with Crippen molar-refractivity contribution in [1.82, 2.24) is 15.5 Å². The first-order chi connectivity index (χ1) is 9.74. The summed E-state index contributed by atoms with van der Waals surface area (Å²) in [5.41, 5.74) is 2.31. The quantitative estimate of drug-likeness (QED) is 0.814. The molecule has 0 saturated heterocycles. The highest BCUT2D eigenvalue weighted by molar-refractivity contribution is 5.42. The van der Waals surface area contributed by atoms with Crippen LogP contribution in [0.3, 0.4) is 0 Å². The van der Waals surface area contributed by atoms with E-state index in [1.807, 2.05) is 18.2 Å². The molecule has 0 amide bonds. The van der Waals surface area contributed by atoms with Gasteiger partial charge in [-0.3, -0.25) is 5.10 Å². The maximum atomic E-state index is 5.30. The zero-order valence-electron chi connectivity index (χ0n) is 12.1. The lowest BCUT2D eigenvalue weighted by Crippen LogP contribution is -2.21. The highest BCUT2D eigenvalue weighted by Crippen LogP contribution is 2.27. The van der Waals surface area contributed by atoms with Crippen molar-refractivity contribution in [3.8, 4) is 11.5 Å². The number of methoxy groups -OCH3 is 2. The molecular formula is C15H21N3O2. The number of benzene rings is 1. The molecule has 5 heteroatoms. The van der Waals surface area contributed by atoms with Gasteiger partial charge in [0.05, 0.1) is 19.9 Å². The van der Waals surface area contributed by atoms with Crippen LogP contribution in [0.25, 0.3) is 0 Å². The van der Waals surface area contributed by atoms with Crippen molar-refractivity contribution >= 4 is 0 Å². The van der Waals surface area contributed by atoms with Crippen molar-refractivity contribution in [2.24, 2.45) is 0 Å². The van der Waals surface area contributed by atoms with Gasteiger partial charge in [-0.05, 0) is 43.7 Å². The van der Waals surface area contributed by atoms with Crippen LogP contribution in [-0.2, 0) is 6.42 Å². The van der Waals surface area contributed by atoms with Crippen molar-refractivity contribution in [2.75, 3.05) is 20.8 Å². The maximum Gasteiger partial charge on any atom is 0.160 e. The standard InChI is InChI=1S/C15H21N3O2/c1-11(13-7-9-17-18-13)16-8-6-12-4-5-14(19-2)15(10-12)20-3/h4-5,7,9-11,16H,6,8H2,1-3H3,(H,17,18). The van der Waals surface area contributed by atoms with Crippen LogP contribution in [0.2, 0.25) is 0 Å². The molecule has 0 bridgehead atoms. The Balaban J connectivity index is 1.88. The Morgan fingerprint density at radius 2 is 2.00 bits per heavy atom. The first kappa shape index (κ1) is 14.4. The smallest absolute Gasteiger partial charge is 0.160 e. The van der Waals surface area contributed by atoms with E-state index in [1.54, 1.807) is 20.4 Å². The summed E-state index contributed by atoms with van der Waals surface area (Å²) in [6, 6.07) is 8.25. The zero-order valence-corrected chi connectivity index (χ0v) is 12.1. The maximum absolute atomic E-state index is 5.30. The van der Waals surface area contributed by atoms with Crippen molar-refractivity contribution in [3.05, 3.63) is 41.7 Å². The van der Waals surface area contributed by atoms with Gasteiger partial charge in [0, 0.05) is 12.2 Å². The van der Waals surface area contributed by atoms with Crippen molar-refractivity contribution in [3.63, 3.8) is 0 Å². The molecule has 1 aromatic carbocycles. The molecule has 2 rings (SSSR count). The number of hydrogen-bond donors (Lipinski definition) is 2. The summed E-state index contributed by atoms with van der Waals surface area (Å²) >= 11 is 0. The predicted molar refractivity (Wildman–Crippen MR) is 78.3 cm³/mol. The number of nitrogens with zero attached hydrogens (tertiary/aromatic N) is 1. The first-order valence-electron chi connectivity index (χ1n) is 6.68. The fraction of sp³-hybridized carbons (Fsp3) is 0.400. The summed E-state index contributed by atoms with van der Waals surface area (Å²) in [5, 5.41) is 10.4. The number of aromatic amines is 1. The summed E-state index contributed by atoms with van der Waals surface area (Å²) in [6.45, 7) is 3.00. The second-order valence-corrected chi connectivity index (χ2v) is 4.63. The Kier molecular flexibility index (Phi) is 5.01. The molecule has 2 aromatic rings. The van der Waals surface area contributed by atoms with E-state index in [-0.39, 0.29) is 6.04 Å². The zero-order chi connectivity index (χ0) is 14.4. The average Bonchev–Trinajstić information content (AvgIpc) is 3.01. The molecule has 0 aliphatic heterocycles. The predicted octanol–water partition coefficient (Wildman–Crippen LogP) is 2.32. The van der Waals surface area contributed by atoms with Gasteiger partial charge in [-0.2, -0.15) is 5.10 Å². The van der Waals surface area contributed by atoms with Crippen LogP contribution in [0, 0.1) is 0 Å². The molecule has 0 saturated carbocycles. The lowest BCUT2D eigenvalue weighted by atomic mass is 10.1. The molecule has 1 unspecified atom stereocenters. The lowest BCUT2D eigenvalue weighted by molar-refractivity contribution is 0.354. The van der Waals surface area contributed by atoms with Gasteiger partial charge in [-0.15, -0.1) is 0 Å². The molecule has 0 aliphatic rings. The number of aromatic nitrogens is 2. The van der Waals surface area contributed by atoms with Gasteiger partial charge in [0.1, 0.15) is 0 Å². The van der Waals surface area contributed by atoms with Gasteiger partial charge in [0.15, 0.2) is 11.5 Å². The third-order valence-electron chi connectivity index (χ3n) is 3.30. The highest BCUT2D eigenvalue weighted by atomic mass is 16.5. The van der Waals surface area contributed by atoms with Gasteiger partial charge in [-0.1, -0.05) is 6.07 Å². The molecule has 1 aromatic heterocycles. The molecule has 0 aliphatic carbocycles. The van der Waals surface area contributed by atoms with Crippen LogP contribution in [-0.4, -0.2) is 31.0 Å². The normalized spacial score (nSPS) is 12.2.